The van der Waals surface area contributed by atoms with E-state index < -0.39 is 36.1 Å². The van der Waals surface area contributed by atoms with E-state index in [1.165, 1.54) is 12.1 Å². The molecule has 5 nitrogen and oxygen atoms in total. The van der Waals surface area contributed by atoms with Crippen molar-refractivity contribution in [3.8, 4) is 5.75 Å². The molecule has 206 valence electrons. The number of ether oxygens (including phenoxy) is 2. The second-order valence-electron chi connectivity index (χ2n) is 8.65. The molecule has 0 saturated heterocycles. The number of rotatable bonds is 9. The number of hydrogen-bond donors (Lipinski definition) is 0. The third kappa shape index (κ3) is 7.47. The summed E-state index contributed by atoms with van der Waals surface area (Å²) in [7, 11) is 0. The predicted molar refractivity (Wildman–Crippen MR) is 144 cm³/mol. The minimum atomic E-state index is -5.29. The minimum Gasteiger partial charge on any atom is -0.488 e. The van der Waals surface area contributed by atoms with Gasteiger partial charge in [0.1, 0.15) is 30.3 Å². The number of hydrogen-bond acceptors (Lipinski definition) is 4. The molecule has 4 rings (SSSR count). The normalized spacial score (nSPS) is 11.1. The average molecular weight is 616 g/mol. The smallest absolute Gasteiger partial charge is 0.471 e. The van der Waals surface area contributed by atoms with E-state index >= 15 is 4.39 Å². The van der Waals surface area contributed by atoms with E-state index in [1.807, 2.05) is 0 Å². The largest absolute Gasteiger partial charge is 0.488 e. The molecule has 0 radical (unpaired) electrons. The molecule has 0 aromatic heterocycles. The van der Waals surface area contributed by atoms with Crippen molar-refractivity contribution >= 4 is 33.5 Å². The predicted octanol–water partition coefficient (Wildman–Crippen LogP) is 7.62. The van der Waals surface area contributed by atoms with Crippen LogP contribution in [-0.4, -0.2) is 18.1 Å². The number of nitrogens with zero attached hydrogens (tertiary/aromatic N) is 1. The van der Waals surface area contributed by atoms with Gasteiger partial charge in [-0.1, -0.05) is 88.7 Å². The molecule has 4 aromatic carbocycles. The topological polar surface area (TPSA) is 55.8 Å². The molecule has 4 aromatic rings. The third-order valence-corrected chi connectivity index (χ3v) is 6.28. The van der Waals surface area contributed by atoms with Gasteiger partial charge in [-0.2, -0.15) is 13.2 Å². The van der Waals surface area contributed by atoms with Crippen LogP contribution in [0.4, 0.5) is 23.2 Å². The molecule has 0 unspecified atom stereocenters. The summed E-state index contributed by atoms with van der Waals surface area (Å²) >= 11 is 3.24. The van der Waals surface area contributed by atoms with Gasteiger partial charge in [0.2, 0.25) is 0 Å². The van der Waals surface area contributed by atoms with E-state index in [0.29, 0.717) is 21.2 Å². The maximum absolute atomic E-state index is 15.5. The number of esters is 1. The van der Waals surface area contributed by atoms with E-state index in [0.717, 1.165) is 12.1 Å². The van der Waals surface area contributed by atoms with E-state index in [2.05, 4.69) is 15.9 Å². The quantitative estimate of drug-likeness (QED) is 0.144. The second-order valence-corrected chi connectivity index (χ2v) is 9.57. The van der Waals surface area contributed by atoms with Gasteiger partial charge in [0.05, 0.1) is 12.2 Å². The van der Waals surface area contributed by atoms with Gasteiger partial charge in [0.25, 0.3) is 0 Å². The fourth-order valence-electron chi connectivity index (χ4n) is 3.76. The van der Waals surface area contributed by atoms with Crippen molar-refractivity contribution < 1.29 is 36.6 Å². The molecule has 10 heteroatoms. The lowest BCUT2D eigenvalue weighted by Crippen LogP contribution is -2.41. The van der Waals surface area contributed by atoms with Crippen molar-refractivity contribution in [2.75, 3.05) is 4.90 Å². The van der Waals surface area contributed by atoms with Gasteiger partial charge in [-0.25, -0.2) is 9.18 Å². The summed E-state index contributed by atoms with van der Waals surface area (Å²) < 4.78 is 68.0. The molecule has 0 fully saturated rings. The fourth-order valence-corrected chi connectivity index (χ4v) is 4.02. The summed E-state index contributed by atoms with van der Waals surface area (Å²) in [5.74, 6) is -4.69. The van der Waals surface area contributed by atoms with Crippen LogP contribution in [0.25, 0.3) is 0 Å². The molecule has 40 heavy (non-hydrogen) atoms. The Morgan fingerprint density at radius 2 is 1.35 bits per heavy atom. The lowest BCUT2D eigenvalue weighted by molar-refractivity contribution is -0.170. The first-order chi connectivity index (χ1) is 19.1. The highest BCUT2D eigenvalue weighted by atomic mass is 79.9. The molecule has 0 spiro atoms. The van der Waals surface area contributed by atoms with Gasteiger partial charge in [-0.3, -0.25) is 9.69 Å². The number of carbonyl (C=O) groups is 2. The molecule has 0 bridgehead atoms. The maximum Gasteiger partial charge on any atom is 0.471 e. The molecular weight excluding hydrogens is 594 g/mol. The van der Waals surface area contributed by atoms with Gasteiger partial charge in [-0.05, 0) is 34.9 Å². The summed E-state index contributed by atoms with van der Waals surface area (Å²) in [6, 6.07) is 25.3. The van der Waals surface area contributed by atoms with Crippen LogP contribution >= 0.6 is 15.9 Å². The minimum absolute atomic E-state index is 0.0786. The lowest BCUT2D eigenvalue weighted by Gasteiger charge is -2.25. The van der Waals surface area contributed by atoms with Crippen LogP contribution in [0.15, 0.2) is 102 Å². The van der Waals surface area contributed by atoms with E-state index in [-0.39, 0.29) is 29.4 Å². The van der Waals surface area contributed by atoms with Crippen LogP contribution < -0.4 is 9.64 Å². The molecule has 0 atom stereocenters. The number of anilines is 1. The van der Waals surface area contributed by atoms with Gasteiger partial charge in [0, 0.05) is 10.5 Å². The van der Waals surface area contributed by atoms with Crippen LogP contribution in [-0.2, 0) is 29.3 Å². The first kappa shape index (κ1) is 28.8. The van der Waals surface area contributed by atoms with E-state index in [1.54, 1.807) is 72.8 Å². The standard InChI is InChI=1S/C30H22BrF4NO4/c31-23-13-11-20(12-14-23)17-36(29(38)30(33,34)35)26-16-27(39-18-21-7-3-1-4-8-21)24(15-25(26)32)28(37)40-19-22-9-5-2-6-10-22/h1-16H,17-19H2. The van der Waals surface area contributed by atoms with Gasteiger partial charge >= 0.3 is 18.1 Å². The first-order valence-corrected chi connectivity index (χ1v) is 12.8. The highest BCUT2D eigenvalue weighted by molar-refractivity contribution is 9.10. The molecular formula is C30H22BrF4NO4. The molecule has 0 aliphatic rings. The van der Waals surface area contributed by atoms with E-state index in [4.69, 9.17) is 9.47 Å². The van der Waals surface area contributed by atoms with Gasteiger partial charge in [0.15, 0.2) is 0 Å². The number of benzene rings is 4. The molecule has 0 saturated carbocycles. The fraction of sp³-hybridized carbons (Fsp3) is 0.133. The van der Waals surface area contributed by atoms with Crippen LogP contribution in [0.5, 0.6) is 5.75 Å². The number of carbonyl (C=O) groups excluding carboxylic acids is 2. The molecule has 0 aliphatic heterocycles. The van der Waals surface area contributed by atoms with Crippen LogP contribution in [0.2, 0.25) is 0 Å². The third-order valence-electron chi connectivity index (χ3n) is 5.75. The van der Waals surface area contributed by atoms with Crippen molar-refractivity contribution in [2.24, 2.45) is 0 Å². The van der Waals surface area contributed by atoms with Gasteiger partial charge in [-0.15, -0.1) is 0 Å². The van der Waals surface area contributed by atoms with Crippen molar-refractivity contribution in [1.29, 1.82) is 0 Å². The van der Waals surface area contributed by atoms with Crippen molar-refractivity contribution in [1.82, 2.24) is 0 Å². The Balaban J connectivity index is 1.72. The molecule has 0 heterocycles. The highest BCUT2D eigenvalue weighted by Crippen LogP contribution is 2.34. The molecule has 0 aliphatic carbocycles. The Hall–Kier alpha value is -4.18. The average Bonchev–Trinajstić information content (AvgIpc) is 2.95. The molecule has 1 amide bonds. The zero-order valence-corrected chi connectivity index (χ0v) is 22.4. The summed E-state index contributed by atoms with van der Waals surface area (Å²) in [5.41, 5.74) is 0.647. The SMILES string of the molecule is O=C(OCc1ccccc1)c1cc(F)c(N(Cc2ccc(Br)cc2)C(=O)C(F)(F)F)cc1OCc1ccccc1. The number of amides is 1. The van der Waals surface area contributed by atoms with Crippen LogP contribution in [0.3, 0.4) is 0 Å². The highest BCUT2D eigenvalue weighted by Gasteiger charge is 2.44. The van der Waals surface area contributed by atoms with Gasteiger partial charge < -0.3 is 9.47 Å². The number of halogens is 5. The Morgan fingerprint density at radius 3 is 1.93 bits per heavy atom. The Bertz CT molecular complexity index is 1460. The van der Waals surface area contributed by atoms with Crippen LogP contribution in [0.1, 0.15) is 27.0 Å². The Kier molecular flexibility index (Phi) is 9.21. The maximum atomic E-state index is 15.5. The zero-order valence-electron chi connectivity index (χ0n) is 20.8. The Labute approximate surface area is 236 Å². The first-order valence-electron chi connectivity index (χ1n) is 12.0. The monoisotopic (exact) mass is 615 g/mol. The van der Waals surface area contributed by atoms with Crippen molar-refractivity contribution in [3.63, 3.8) is 0 Å². The zero-order chi connectivity index (χ0) is 28.7. The van der Waals surface area contributed by atoms with E-state index in [9.17, 15) is 22.8 Å². The summed E-state index contributed by atoms with van der Waals surface area (Å²) in [6.45, 7) is -0.785. The second kappa shape index (κ2) is 12.8. The van der Waals surface area contributed by atoms with Crippen LogP contribution in [0, 0.1) is 5.82 Å². The number of alkyl halides is 3. The lowest BCUT2D eigenvalue weighted by atomic mass is 10.1. The summed E-state index contributed by atoms with van der Waals surface area (Å²) in [4.78, 5) is 25.7. The van der Waals surface area contributed by atoms with Crippen molar-refractivity contribution in [3.05, 3.63) is 130 Å². The summed E-state index contributed by atoms with van der Waals surface area (Å²) in [5, 5.41) is 0. The Morgan fingerprint density at radius 1 is 0.775 bits per heavy atom. The summed E-state index contributed by atoms with van der Waals surface area (Å²) in [6.07, 6.45) is -5.29. The molecule has 0 N–H and O–H groups in total. The van der Waals surface area contributed by atoms with Crippen molar-refractivity contribution in [2.45, 2.75) is 25.9 Å².